The normalized spacial score (nSPS) is 12.6. The van der Waals surface area contributed by atoms with Crippen LogP contribution in [0.1, 0.15) is 35.3 Å². The Morgan fingerprint density at radius 2 is 2.11 bits per heavy atom. The zero-order valence-corrected chi connectivity index (χ0v) is 11.9. The molecule has 0 aliphatic carbocycles. The van der Waals surface area contributed by atoms with E-state index in [2.05, 4.69) is 17.3 Å². The van der Waals surface area contributed by atoms with E-state index in [0.29, 0.717) is 5.75 Å². The van der Waals surface area contributed by atoms with Crippen LogP contribution in [0.4, 0.5) is 0 Å². The van der Waals surface area contributed by atoms with Crippen molar-refractivity contribution in [1.82, 2.24) is 15.1 Å². The molecule has 0 saturated carbocycles. The van der Waals surface area contributed by atoms with Gasteiger partial charge in [0.1, 0.15) is 5.75 Å². The largest absolute Gasteiger partial charge is 0.508 e. The average molecular weight is 259 g/mol. The molecular formula is C15H21N3O. The van der Waals surface area contributed by atoms with E-state index in [4.69, 9.17) is 0 Å². The summed E-state index contributed by atoms with van der Waals surface area (Å²) in [6, 6.07) is 5.88. The number of rotatable bonds is 4. The molecule has 4 nitrogen and oxygen atoms in total. The molecule has 2 N–H and O–H groups in total. The smallest absolute Gasteiger partial charge is 0.120 e. The van der Waals surface area contributed by atoms with Gasteiger partial charge in [0.25, 0.3) is 0 Å². The van der Waals surface area contributed by atoms with Crippen molar-refractivity contribution in [3.63, 3.8) is 0 Å². The first kappa shape index (κ1) is 13.6. The van der Waals surface area contributed by atoms with Gasteiger partial charge in [-0.05, 0) is 32.4 Å². The van der Waals surface area contributed by atoms with Gasteiger partial charge in [-0.2, -0.15) is 5.10 Å². The second kappa shape index (κ2) is 5.45. The number of phenolic OH excluding ortho intramolecular Hbond substituents is 1. The van der Waals surface area contributed by atoms with Crippen LogP contribution < -0.4 is 5.32 Å². The van der Waals surface area contributed by atoms with Gasteiger partial charge in [-0.1, -0.05) is 12.1 Å². The van der Waals surface area contributed by atoms with Crippen molar-refractivity contribution in [1.29, 1.82) is 0 Å². The van der Waals surface area contributed by atoms with Gasteiger partial charge in [0, 0.05) is 37.0 Å². The van der Waals surface area contributed by atoms with Crippen LogP contribution >= 0.6 is 0 Å². The van der Waals surface area contributed by atoms with E-state index in [-0.39, 0.29) is 6.04 Å². The van der Waals surface area contributed by atoms with E-state index in [1.54, 1.807) is 6.07 Å². The van der Waals surface area contributed by atoms with Crippen LogP contribution in [0.2, 0.25) is 0 Å². The summed E-state index contributed by atoms with van der Waals surface area (Å²) >= 11 is 0. The predicted octanol–water partition coefficient (Wildman–Crippen LogP) is 2.59. The minimum atomic E-state index is 0.0974. The van der Waals surface area contributed by atoms with Crippen LogP contribution in [0.15, 0.2) is 24.4 Å². The van der Waals surface area contributed by atoms with Crippen molar-refractivity contribution < 1.29 is 5.11 Å². The van der Waals surface area contributed by atoms with Gasteiger partial charge in [-0.3, -0.25) is 4.68 Å². The Hall–Kier alpha value is -1.81. The molecule has 102 valence electrons. The minimum Gasteiger partial charge on any atom is -0.508 e. The van der Waals surface area contributed by atoms with E-state index >= 15 is 0 Å². The number of aryl methyl sites for hydroxylation is 3. The van der Waals surface area contributed by atoms with E-state index in [1.165, 1.54) is 5.56 Å². The number of aromatic hydroxyl groups is 1. The highest BCUT2D eigenvalue weighted by atomic mass is 16.3. The summed E-state index contributed by atoms with van der Waals surface area (Å²) in [5.74, 6) is 0.350. The summed E-state index contributed by atoms with van der Waals surface area (Å²) in [5.41, 5.74) is 4.21. The molecule has 0 radical (unpaired) electrons. The second-order valence-electron chi connectivity index (χ2n) is 5.08. The standard InChI is InChI=1S/C15H21N3O/c1-10-5-6-14(15(19)7-10)12(3)16-8-13-9-18(4)17-11(13)2/h5-7,9,12,16,19H,8H2,1-4H3. The highest BCUT2D eigenvalue weighted by Crippen LogP contribution is 2.25. The molecule has 1 heterocycles. The maximum Gasteiger partial charge on any atom is 0.120 e. The third kappa shape index (κ3) is 3.15. The molecule has 1 aromatic heterocycles. The molecule has 2 aromatic rings. The first-order chi connectivity index (χ1) is 8.97. The van der Waals surface area contributed by atoms with E-state index in [0.717, 1.165) is 23.4 Å². The van der Waals surface area contributed by atoms with Crippen molar-refractivity contribution in [2.45, 2.75) is 33.4 Å². The van der Waals surface area contributed by atoms with E-state index in [9.17, 15) is 5.11 Å². The summed E-state index contributed by atoms with van der Waals surface area (Å²) in [6.45, 7) is 6.77. The second-order valence-corrected chi connectivity index (χ2v) is 5.08. The zero-order chi connectivity index (χ0) is 14.0. The first-order valence-electron chi connectivity index (χ1n) is 6.49. The van der Waals surface area contributed by atoms with Gasteiger partial charge in [0.2, 0.25) is 0 Å². The lowest BCUT2D eigenvalue weighted by Crippen LogP contribution is -2.18. The summed E-state index contributed by atoms with van der Waals surface area (Å²) < 4.78 is 1.82. The molecular weight excluding hydrogens is 238 g/mol. The van der Waals surface area contributed by atoms with Crippen LogP contribution in [0.25, 0.3) is 0 Å². The molecule has 0 bridgehead atoms. The third-order valence-corrected chi connectivity index (χ3v) is 3.37. The fraction of sp³-hybridized carbons (Fsp3) is 0.400. The monoisotopic (exact) mass is 259 g/mol. The van der Waals surface area contributed by atoms with Crippen LogP contribution in [-0.4, -0.2) is 14.9 Å². The lowest BCUT2D eigenvalue weighted by molar-refractivity contribution is 0.452. The molecule has 0 aliphatic heterocycles. The number of nitrogens with zero attached hydrogens (tertiary/aromatic N) is 2. The Morgan fingerprint density at radius 1 is 1.37 bits per heavy atom. The van der Waals surface area contributed by atoms with Crippen LogP contribution in [-0.2, 0) is 13.6 Å². The summed E-state index contributed by atoms with van der Waals surface area (Å²) in [4.78, 5) is 0. The van der Waals surface area contributed by atoms with Gasteiger partial charge < -0.3 is 10.4 Å². The van der Waals surface area contributed by atoms with Gasteiger partial charge in [0.15, 0.2) is 0 Å². The maximum absolute atomic E-state index is 9.96. The van der Waals surface area contributed by atoms with Gasteiger partial charge >= 0.3 is 0 Å². The highest BCUT2D eigenvalue weighted by Gasteiger charge is 2.11. The quantitative estimate of drug-likeness (QED) is 0.887. The molecule has 2 rings (SSSR count). The van der Waals surface area contributed by atoms with Crippen molar-refractivity contribution >= 4 is 0 Å². The summed E-state index contributed by atoms with van der Waals surface area (Å²) in [6.07, 6.45) is 2.02. The van der Waals surface area contributed by atoms with Crippen LogP contribution in [0, 0.1) is 13.8 Å². The maximum atomic E-state index is 9.96. The molecule has 1 aromatic carbocycles. The molecule has 0 saturated heterocycles. The van der Waals surface area contributed by atoms with Crippen molar-refractivity contribution in [2.75, 3.05) is 0 Å². The van der Waals surface area contributed by atoms with Gasteiger partial charge in [-0.25, -0.2) is 0 Å². The van der Waals surface area contributed by atoms with Crippen LogP contribution in [0.5, 0.6) is 5.75 Å². The lowest BCUT2D eigenvalue weighted by Gasteiger charge is -2.15. The predicted molar refractivity (Wildman–Crippen MR) is 76.0 cm³/mol. The number of benzene rings is 1. The molecule has 0 fully saturated rings. The van der Waals surface area contributed by atoms with Crippen molar-refractivity contribution in [2.24, 2.45) is 7.05 Å². The number of aromatic nitrogens is 2. The van der Waals surface area contributed by atoms with Crippen molar-refractivity contribution in [3.05, 3.63) is 46.8 Å². The molecule has 0 spiro atoms. The van der Waals surface area contributed by atoms with Crippen LogP contribution in [0.3, 0.4) is 0 Å². The topological polar surface area (TPSA) is 50.1 Å². The molecule has 1 atom stereocenters. The Morgan fingerprint density at radius 3 is 2.68 bits per heavy atom. The molecule has 0 aliphatic rings. The number of nitrogens with one attached hydrogen (secondary N) is 1. The molecule has 0 amide bonds. The highest BCUT2D eigenvalue weighted by molar-refractivity contribution is 5.37. The Labute approximate surface area is 114 Å². The Bertz CT molecular complexity index is 575. The number of hydrogen-bond donors (Lipinski definition) is 2. The van der Waals surface area contributed by atoms with Gasteiger partial charge in [-0.15, -0.1) is 0 Å². The fourth-order valence-electron chi connectivity index (χ4n) is 2.22. The number of phenols is 1. The zero-order valence-electron chi connectivity index (χ0n) is 11.9. The average Bonchev–Trinajstić information content (AvgIpc) is 2.65. The summed E-state index contributed by atoms with van der Waals surface area (Å²) in [5, 5.41) is 17.7. The van der Waals surface area contributed by atoms with Crippen molar-refractivity contribution in [3.8, 4) is 5.75 Å². The Kier molecular flexibility index (Phi) is 3.90. The fourth-order valence-corrected chi connectivity index (χ4v) is 2.22. The van der Waals surface area contributed by atoms with E-state index < -0.39 is 0 Å². The number of hydrogen-bond acceptors (Lipinski definition) is 3. The molecule has 4 heteroatoms. The minimum absolute atomic E-state index is 0.0974. The molecule has 19 heavy (non-hydrogen) atoms. The van der Waals surface area contributed by atoms with Gasteiger partial charge in [0.05, 0.1) is 5.69 Å². The Balaban J connectivity index is 2.05. The lowest BCUT2D eigenvalue weighted by atomic mass is 10.0. The molecule has 1 unspecified atom stereocenters. The SMILES string of the molecule is Cc1ccc(C(C)NCc2cn(C)nc2C)c(O)c1. The third-order valence-electron chi connectivity index (χ3n) is 3.37. The first-order valence-corrected chi connectivity index (χ1v) is 6.49. The van der Waals surface area contributed by atoms with E-state index in [1.807, 2.05) is 43.9 Å². The summed E-state index contributed by atoms with van der Waals surface area (Å²) in [7, 11) is 1.92.